The van der Waals surface area contributed by atoms with Crippen molar-refractivity contribution in [2.24, 2.45) is 5.92 Å². The molecule has 5 heteroatoms. The van der Waals surface area contributed by atoms with Crippen LogP contribution in [0.4, 0.5) is 0 Å². The smallest absolute Gasteiger partial charge is 0.321 e. The van der Waals surface area contributed by atoms with Gasteiger partial charge in [0.25, 0.3) is 0 Å². The Bertz CT molecular complexity index is 553. The van der Waals surface area contributed by atoms with Crippen LogP contribution in [0.15, 0.2) is 30.3 Å². The van der Waals surface area contributed by atoms with Crippen LogP contribution in [0.5, 0.6) is 0 Å². The number of carbonyl (C=O) groups excluding carboxylic acids is 2. The summed E-state index contributed by atoms with van der Waals surface area (Å²) >= 11 is 0. The fourth-order valence-electron chi connectivity index (χ4n) is 2.00. The predicted octanol–water partition coefficient (Wildman–Crippen LogP) is 1.96. The van der Waals surface area contributed by atoms with Gasteiger partial charge in [0.15, 0.2) is 5.92 Å². The zero-order chi connectivity index (χ0) is 16.6. The van der Waals surface area contributed by atoms with E-state index in [-0.39, 0.29) is 6.42 Å². The Kier molecular flexibility index (Phi) is 6.87. The Morgan fingerprint density at radius 2 is 1.59 bits per heavy atom. The Labute approximate surface area is 132 Å². The standard InChI is InChI=1S/C17H22O4Si/c1-20-16(18)15(17(19)21-2)12-8-9-13-22(3,4)14-10-6-5-7-11-14/h5-7,10-11,15H,12-13H2,1-4H3. The lowest BCUT2D eigenvalue weighted by Gasteiger charge is -2.19. The SMILES string of the molecule is COC(=O)C(CC#CC[Si](C)(C)c1ccccc1)C(=O)OC. The molecule has 4 nitrogen and oxygen atoms in total. The molecule has 0 unspecified atom stereocenters. The molecular weight excluding hydrogens is 296 g/mol. The highest BCUT2D eigenvalue weighted by molar-refractivity contribution is 6.90. The average molecular weight is 318 g/mol. The van der Waals surface area contributed by atoms with Gasteiger partial charge in [-0.2, -0.15) is 0 Å². The minimum atomic E-state index is -1.63. The Balaban J connectivity index is 2.70. The molecule has 0 fully saturated rings. The number of carbonyl (C=O) groups is 2. The van der Waals surface area contributed by atoms with Gasteiger partial charge in [0.2, 0.25) is 0 Å². The first kappa shape index (κ1) is 18.0. The zero-order valence-corrected chi connectivity index (χ0v) is 14.5. The molecular formula is C17H22O4Si. The first-order valence-electron chi connectivity index (χ1n) is 7.09. The maximum atomic E-state index is 11.5. The van der Waals surface area contributed by atoms with Crippen LogP contribution in [0.25, 0.3) is 0 Å². The van der Waals surface area contributed by atoms with Crippen molar-refractivity contribution >= 4 is 25.2 Å². The van der Waals surface area contributed by atoms with Crippen LogP contribution in [-0.2, 0) is 19.1 Å². The van der Waals surface area contributed by atoms with E-state index in [0.29, 0.717) is 0 Å². The quantitative estimate of drug-likeness (QED) is 0.360. The summed E-state index contributed by atoms with van der Waals surface area (Å²) in [5.41, 5.74) is 0. The van der Waals surface area contributed by atoms with Crippen LogP contribution in [-0.4, -0.2) is 34.2 Å². The van der Waals surface area contributed by atoms with Gasteiger partial charge in [-0.05, 0) is 0 Å². The van der Waals surface area contributed by atoms with E-state index >= 15 is 0 Å². The molecule has 1 aromatic rings. The molecule has 22 heavy (non-hydrogen) atoms. The van der Waals surface area contributed by atoms with Gasteiger partial charge in [-0.25, -0.2) is 0 Å². The summed E-state index contributed by atoms with van der Waals surface area (Å²) < 4.78 is 9.21. The summed E-state index contributed by atoms with van der Waals surface area (Å²) in [6, 6.07) is 11.1. The third-order valence-electron chi connectivity index (χ3n) is 3.49. The molecule has 0 saturated carbocycles. The Hall–Kier alpha value is -2.06. The van der Waals surface area contributed by atoms with Crippen LogP contribution in [0.2, 0.25) is 19.1 Å². The highest BCUT2D eigenvalue weighted by Crippen LogP contribution is 2.10. The lowest BCUT2D eigenvalue weighted by atomic mass is 10.1. The third kappa shape index (κ3) is 5.04. The minimum Gasteiger partial charge on any atom is -0.468 e. The lowest BCUT2D eigenvalue weighted by Crippen LogP contribution is -2.40. The van der Waals surface area contributed by atoms with Crippen molar-refractivity contribution in [3.8, 4) is 11.8 Å². The van der Waals surface area contributed by atoms with E-state index in [1.165, 1.54) is 19.4 Å². The number of rotatable bonds is 5. The third-order valence-corrected chi connectivity index (χ3v) is 6.45. The lowest BCUT2D eigenvalue weighted by molar-refractivity contribution is -0.158. The van der Waals surface area contributed by atoms with E-state index in [1.54, 1.807) is 0 Å². The fraction of sp³-hybridized carbons (Fsp3) is 0.412. The largest absolute Gasteiger partial charge is 0.468 e. The molecule has 1 aromatic carbocycles. The van der Waals surface area contributed by atoms with Crippen LogP contribution in [0.1, 0.15) is 6.42 Å². The van der Waals surface area contributed by atoms with Gasteiger partial charge >= 0.3 is 11.9 Å². The van der Waals surface area contributed by atoms with Crippen molar-refractivity contribution in [1.82, 2.24) is 0 Å². The molecule has 0 aliphatic heterocycles. The van der Waals surface area contributed by atoms with Crippen LogP contribution < -0.4 is 5.19 Å². The van der Waals surface area contributed by atoms with Crippen molar-refractivity contribution in [2.45, 2.75) is 25.6 Å². The summed E-state index contributed by atoms with van der Waals surface area (Å²) in [5, 5.41) is 1.33. The summed E-state index contributed by atoms with van der Waals surface area (Å²) in [7, 11) is 0.866. The van der Waals surface area contributed by atoms with Gasteiger partial charge in [0.05, 0.1) is 22.3 Å². The average Bonchev–Trinajstić information content (AvgIpc) is 2.54. The van der Waals surface area contributed by atoms with E-state index in [2.05, 4.69) is 46.5 Å². The molecule has 0 saturated heterocycles. The molecule has 0 aliphatic carbocycles. The molecule has 0 radical (unpaired) electrons. The second-order valence-electron chi connectivity index (χ2n) is 5.58. The number of esters is 2. The molecule has 118 valence electrons. The Morgan fingerprint density at radius 1 is 1.05 bits per heavy atom. The van der Waals surface area contributed by atoms with E-state index < -0.39 is 25.9 Å². The summed E-state index contributed by atoms with van der Waals surface area (Å²) in [6.45, 7) is 4.49. The number of ether oxygens (including phenoxy) is 2. The first-order chi connectivity index (χ1) is 10.4. The topological polar surface area (TPSA) is 52.6 Å². The van der Waals surface area contributed by atoms with Crippen molar-refractivity contribution in [2.75, 3.05) is 14.2 Å². The second-order valence-corrected chi connectivity index (χ2v) is 10.3. The number of benzene rings is 1. The van der Waals surface area contributed by atoms with Gasteiger partial charge in [-0.3, -0.25) is 9.59 Å². The molecule has 0 aliphatic rings. The number of hydrogen-bond acceptors (Lipinski definition) is 4. The van der Waals surface area contributed by atoms with Gasteiger partial charge in [-0.15, -0.1) is 11.8 Å². The summed E-state index contributed by atoms with van der Waals surface area (Å²) in [6.07, 6.45) is 0.124. The van der Waals surface area contributed by atoms with Crippen molar-refractivity contribution in [3.05, 3.63) is 30.3 Å². The van der Waals surface area contributed by atoms with E-state index in [4.69, 9.17) is 0 Å². The fourth-order valence-corrected chi connectivity index (χ4v) is 3.86. The minimum absolute atomic E-state index is 0.124. The van der Waals surface area contributed by atoms with Gasteiger partial charge in [-0.1, -0.05) is 48.6 Å². The van der Waals surface area contributed by atoms with Crippen molar-refractivity contribution < 1.29 is 19.1 Å². The monoisotopic (exact) mass is 318 g/mol. The highest BCUT2D eigenvalue weighted by atomic mass is 28.3. The van der Waals surface area contributed by atoms with Crippen molar-refractivity contribution in [1.29, 1.82) is 0 Å². The van der Waals surface area contributed by atoms with E-state index in [1.807, 2.05) is 18.2 Å². The number of hydrogen-bond donors (Lipinski definition) is 0. The van der Waals surface area contributed by atoms with Gasteiger partial charge < -0.3 is 9.47 Å². The molecule has 1 rings (SSSR count). The molecule has 0 bridgehead atoms. The van der Waals surface area contributed by atoms with Crippen LogP contribution in [0.3, 0.4) is 0 Å². The molecule has 0 N–H and O–H groups in total. The van der Waals surface area contributed by atoms with Crippen molar-refractivity contribution in [3.63, 3.8) is 0 Å². The maximum Gasteiger partial charge on any atom is 0.321 e. The molecule has 0 aromatic heterocycles. The first-order valence-corrected chi connectivity index (χ1v) is 10.3. The molecule has 0 amide bonds. The van der Waals surface area contributed by atoms with E-state index in [9.17, 15) is 9.59 Å². The second kappa shape index (κ2) is 8.40. The Morgan fingerprint density at radius 3 is 2.09 bits per heavy atom. The maximum absolute atomic E-state index is 11.5. The molecule has 0 atom stereocenters. The highest BCUT2D eigenvalue weighted by Gasteiger charge is 2.27. The summed E-state index contributed by atoms with van der Waals surface area (Å²) in [5.74, 6) is 3.84. The molecule has 0 heterocycles. The van der Waals surface area contributed by atoms with Crippen LogP contribution >= 0.6 is 0 Å². The van der Waals surface area contributed by atoms with E-state index in [0.717, 1.165) is 6.04 Å². The predicted molar refractivity (Wildman–Crippen MR) is 88.3 cm³/mol. The van der Waals surface area contributed by atoms with Gasteiger partial charge in [0, 0.05) is 12.5 Å². The van der Waals surface area contributed by atoms with Crippen LogP contribution in [0, 0.1) is 17.8 Å². The summed E-state index contributed by atoms with van der Waals surface area (Å²) in [4.78, 5) is 23.1. The molecule has 0 spiro atoms. The van der Waals surface area contributed by atoms with Gasteiger partial charge in [0.1, 0.15) is 0 Å². The zero-order valence-electron chi connectivity index (χ0n) is 13.5. The normalized spacial score (nSPS) is 10.6. The number of methoxy groups -OCH3 is 2.